The third-order valence-corrected chi connectivity index (χ3v) is 4.00. The summed E-state index contributed by atoms with van der Waals surface area (Å²) in [7, 11) is 1.75. The minimum Gasteiger partial charge on any atom is -0.494 e. The van der Waals surface area contributed by atoms with Gasteiger partial charge in [-0.1, -0.05) is 0 Å². The van der Waals surface area contributed by atoms with Gasteiger partial charge in [0, 0.05) is 39.8 Å². The van der Waals surface area contributed by atoms with Gasteiger partial charge in [0.05, 0.1) is 13.2 Å². The number of amides is 1. The number of guanidine groups is 1. The van der Waals surface area contributed by atoms with Crippen molar-refractivity contribution in [1.29, 1.82) is 0 Å². The molecule has 0 aromatic heterocycles. The van der Waals surface area contributed by atoms with E-state index in [0.29, 0.717) is 51.7 Å². The van der Waals surface area contributed by atoms with Crippen LogP contribution in [0.3, 0.4) is 0 Å². The zero-order chi connectivity index (χ0) is 18.8. The van der Waals surface area contributed by atoms with Gasteiger partial charge in [0.1, 0.15) is 11.6 Å². The molecule has 1 aromatic carbocycles. The number of halogens is 2. The van der Waals surface area contributed by atoms with E-state index >= 15 is 0 Å². The van der Waals surface area contributed by atoms with Crippen molar-refractivity contribution in [3.05, 3.63) is 30.1 Å². The highest BCUT2D eigenvalue weighted by Crippen LogP contribution is 2.11. The molecule has 0 atom stereocenters. The zero-order valence-corrected chi connectivity index (χ0v) is 18.1. The first-order valence-corrected chi connectivity index (χ1v) is 8.89. The number of hydrogen-bond donors (Lipinski definition) is 1. The topological polar surface area (TPSA) is 66.4 Å². The number of hydrogen-bond acceptors (Lipinski definition) is 4. The number of carbonyl (C=O) groups is 1. The quantitative estimate of drug-likeness (QED) is 0.285. The van der Waals surface area contributed by atoms with Crippen molar-refractivity contribution in [3.63, 3.8) is 0 Å². The number of nitrogens with zero attached hydrogens (tertiary/aromatic N) is 3. The molecule has 1 aliphatic rings. The maximum Gasteiger partial charge on any atom is 0.409 e. The highest BCUT2D eigenvalue weighted by molar-refractivity contribution is 14.0. The summed E-state index contributed by atoms with van der Waals surface area (Å²) >= 11 is 0. The molecular weight excluding hydrogens is 466 g/mol. The average Bonchev–Trinajstić information content (AvgIpc) is 2.66. The second-order valence-corrected chi connectivity index (χ2v) is 5.80. The first-order chi connectivity index (χ1) is 12.6. The molecule has 0 spiro atoms. The molecule has 27 heavy (non-hydrogen) atoms. The summed E-state index contributed by atoms with van der Waals surface area (Å²) in [5.74, 6) is 1.20. The number of rotatable bonds is 6. The second kappa shape index (κ2) is 12.6. The molecule has 0 unspecified atom stereocenters. The fourth-order valence-corrected chi connectivity index (χ4v) is 2.64. The smallest absolute Gasteiger partial charge is 0.409 e. The zero-order valence-electron chi connectivity index (χ0n) is 15.8. The average molecular weight is 494 g/mol. The Bertz CT molecular complexity index is 593. The third-order valence-electron chi connectivity index (χ3n) is 4.00. The monoisotopic (exact) mass is 494 g/mol. The summed E-state index contributed by atoms with van der Waals surface area (Å²) in [6.07, 6.45) is 0.534. The van der Waals surface area contributed by atoms with Crippen LogP contribution in [0.4, 0.5) is 9.18 Å². The molecular formula is C18H28FIN4O3. The van der Waals surface area contributed by atoms with E-state index in [1.54, 1.807) is 31.0 Å². The van der Waals surface area contributed by atoms with Crippen molar-refractivity contribution in [2.45, 2.75) is 13.3 Å². The van der Waals surface area contributed by atoms with E-state index in [1.807, 2.05) is 0 Å². The van der Waals surface area contributed by atoms with Crippen LogP contribution in [-0.4, -0.2) is 74.8 Å². The van der Waals surface area contributed by atoms with Crippen LogP contribution in [0.15, 0.2) is 29.3 Å². The molecule has 1 N–H and O–H groups in total. The number of benzene rings is 1. The van der Waals surface area contributed by atoms with Crippen LogP contribution in [0.1, 0.15) is 13.3 Å². The summed E-state index contributed by atoms with van der Waals surface area (Å²) < 4.78 is 23.4. The van der Waals surface area contributed by atoms with E-state index in [9.17, 15) is 9.18 Å². The van der Waals surface area contributed by atoms with Gasteiger partial charge in [-0.15, -0.1) is 24.0 Å². The molecule has 1 aromatic rings. The fraction of sp³-hybridized carbons (Fsp3) is 0.556. The Balaban J connectivity index is 0.00000364. The van der Waals surface area contributed by atoms with Gasteiger partial charge >= 0.3 is 6.09 Å². The van der Waals surface area contributed by atoms with Crippen molar-refractivity contribution in [2.75, 3.05) is 53.0 Å². The maximum absolute atomic E-state index is 12.8. The lowest BCUT2D eigenvalue weighted by molar-refractivity contribution is 0.0914. The molecule has 9 heteroatoms. The number of ether oxygens (including phenoxy) is 2. The summed E-state index contributed by atoms with van der Waals surface area (Å²) in [5, 5.41) is 3.30. The van der Waals surface area contributed by atoms with Crippen molar-refractivity contribution in [2.24, 2.45) is 4.99 Å². The molecule has 152 valence electrons. The Kier molecular flexibility index (Phi) is 10.8. The van der Waals surface area contributed by atoms with Gasteiger partial charge < -0.3 is 24.6 Å². The summed E-state index contributed by atoms with van der Waals surface area (Å²) in [6.45, 7) is 6.11. The van der Waals surface area contributed by atoms with Gasteiger partial charge in [-0.3, -0.25) is 4.99 Å². The molecule has 0 saturated carbocycles. The first kappa shape index (κ1) is 23.3. The lowest BCUT2D eigenvalue weighted by Gasteiger charge is -2.35. The van der Waals surface area contributed by atoms with Crippen LogP contribution in [0.5, 0.6) is 5.75 Å². The van der Waals surface area contributed by atoms with Crippen molar-refractivity contribution in [3.8, 4) is 5.75 Å². The normalized spacial score (nSPS) is 14.4. The van der Waals surface area contributed by atoms with E-state index in [2.05, 4.69) is 15.2 Å². The molecule has 1 heterocycles. The Morgan fingerprint density at radius 1 is 1.19 bits per heavy atom. The predicted octanol–water partition coefficient (Wildman–Crippen LogP) is 2.56. The van der Waals surface area contributed by atoms with Gasteiger partial charge in [0.25, 0.3) is 0 Å². The van der Waals surface area contributed by atoms with Crippen molar-refractivity contribution >= 4 is 36.0 Å². The standard InChI is InChI=1S/C18H27FN4O3.HI/c1-3-25-18(24)23-12-10-22(11-13-23)17(20-2)21-9-4-14-26-16-7-5-15(19)6-8-16;/h5-8H,3-4,9-14H2,1-2H3,(H,20,21);1H. The molecule has 1 aliphatic heterocycles. The molecule has 1 amide bonds. The van der Waals surface area contributed by atoms with Gasteiger partial charge in [0.2, 0.25) is 0 Å². The van der Waals surface area contributed by atoms with Crippen LogP contribution >= 0.6 is 24.0 Å². The Morgan fingerprint density at radius 2 is 1.81 bits per heavy atom. The SMILES string of the molecule is CCOC(=O)N1CCN(C(=NC)NCCCOc2ccc(F)cc2)CC1.I. The Hall–Kier alpha value is -1.78. The number of nitrogens with one attached hydrogen (secondary N) is 1. The van der Waals surface area contributed by atoms with Gasteiger partial charge in [-0.2, -0.15) is 0 Å². The molecule has 0 radical (unpaired) electrons. The first-order valence-electron chi connectivity index (χ1n) is 8.89. The van der Waals surface area contributed by atoms with Gasteiger partial charge in [-0.25, -0.2) is 9.18 Å². The minimum atomic E-state index is -0.272. The van der Waals surface area contributed by atoms with Crippen LogP contribution in [0.2, 0.25) is 0 Å². The lowest BCUT2D eigenvalue weighted by atomic mass is 10.3. The van der Waals surface area contributed by atoms with E-state index in [0.717, 1.165) is 12.4 Å². The number of carbonyl (C=O) groups excluding carboxylic acids is 1. The third kappa shape index (κ3) is 7.77. The fourth-order valence-electron chi connectivity index (χ4n) is 2.64. The summed E-state index contributed by atoms with van der Waals surface area (Å²) in [4.78, 5) is 19.9. The Labute approximate surface area is 176 Å². The van der Waals surface area contributed by atoms with Crippen molar-refractivity contribution in [1.82, 2.24) is 15.1 Å². The molecule has 1 saturated heterocycles. The van der Waals surface area contributed by atoms with Crippen LogP contribution in [0.25, 0.3) is 0 Å². The largest absolute Gasteiger partial charge is 0.494 e. The van der Waals surface area contributed by atoms with Crippen LogP contribution < -0.4 is 10.1 Å². The minimum absolute atomic E-state index is 0. The van der Waals surface area contributed by atoms with E-state index in [-0.39, 0.29) is 35.9 Å². The highest BCUT2D eigenvalue weighted by atomic mass is 127. The lowest BCUT2D eigenvalue weighted by Crippen LogP contribution is -2.54. The predicted molar refractivity (Wildman–Crippen MR) is 113 cm³/mol. The Morgan fingerprint density at radius 3 is 2.41 bits per heavy atom. The number of piperazine rings is 1. The molecule has 7 nitrogen and oxygen atoms in total. The molecule has 0 bridgehead atoms. The summed E-state index contributed by atoms with van der Waals surface area (Å²) in [6, 6.07) is 5.99. The molecule has 2 rings (SSSR count). The highest BCUT2D eigenvalue weighted by Gasteiger charge is 2.23. The van der Waals surface area contributed by atoms with E-state index in [4.69, 9.17) is 9.47 Å². The van der Waals surface area contributed by atoms with Crippen LogP contribution in [0, 0.1) is 5.82 Å². The number of aliphatic imine (C=N–C) groups is 1. The van der Waals surface area contributed by atoms with E-state index < -0.39 is 0 Å². The van der Waals surface area contributed by atoms with Gasteiger partial charge in [-0.05, 0) is 37.6 Å². The van der Waals surface area contributed by atoms with E-state index in [1.165, 1.54) is 12.1 Å². The maximum atomic E-state index is 12.8. The van der Waals surface area contributed by atoms with Gasteiger partial charge in [0.15, 0.2) is 5.96 Å². The summed E-state index contributed by atoms with van der Waals surface area (Å²) in [5.41, 5.74) is 0. The molecule has 0 aliphatic carbocycles. The van der Waals surface area contributed by atoms with Crippen LogP contribution in [-0.2, 0) is 4.74 Å². The molecule has 1 fully saturated rings. The van der Waals surface area contributed by atoms with Crippen molar-refractivity contribution < 1.29 is 18.7 Å². The second-order valence-electron chi connectivity index (χ2n) is 5.80.